The Morgan fingerprint density at radius 1 is 0.632 bits per heavy atom. The SMILES string of the molecule is CCCC(=O)O.CCCC(=O)O.CCCC(=O)O.[Ru]. The van der Waals surface area contributed by atoms with Gasteiger partial charge in [0.2, 0.25) is 0 Å². The van der Waals surface area contributed by atoms with Crippen molar-refractivity contribution >= 4 is 17.9 Å². The summed E-state index contributed by atoms with van der Waals surface area (Å²) in [6.07, 6.45) is 3.07. The topological polar surface area (TPSA) is 112 Å². The molecule has 0 saturated carbocycles. The van der Waals surface area contributed by atoms with Gasteiger partial charge in [0.05, 0.1) is 0 Å². The zero-order valence-corrected chi connectivity index (χ0v) is 13.4. The van der Waals surface area contributed by atoms with Gasteiger partial charge in [-0.15, -0.1) is 0 Å². The molecule has 0 aliphatic rings. The van der Waals surface area contributed by atoms with E-state index in [9.17, 15) is 14.4 Å². The zero-order chi connectivity index (χ0) is 15.0. The number of carbonyl (C=O) groups is 3. The fourth-order valence-corrected chi connectivity index (χ4v) is 0.642. The second kappa shape index (κ2) is 22.2. The van der Waals surface area contributed by atoms with Gasteiger partial charge >= 0.3 is 17.9 Å². The van der Waals surface area contributed by atoms with Crippen LogP contribution in [0.1, 0.15) is 59.3 Å². The largest absolute Gasteiger partial charge is 0.481 e. The van der Waals surface area contributed by atoms with Crippen LogP contribution >= 0.6 is 0 Å². The fourth-order valence-electron chi connectivity index (χ4n) is 0.642. The third-order valence-electron chi connectivity index (χ3n) is 1.39. The van der Waals surface area contributed by atoms with Crippen molar-refractivity contribution in [2.24, 2.45) is 0 Å². The smallest absolute Gasteiger partial charge is 0.303 e. The number of hydrogen-bond donors (Lipinski definition) is 3. The Labute approximate surface area is 127 Å². The molecule has 0 aromatic rings. The van der Waals surface area contributed by atoms with Crippen LogP contribution in [0.15, 0.2) is 0 Å². The minimum absolute atomic E-state index is 0. The summed E-state index contributed by atoms with van der Waals surface area (Å²) in [5.74, 6) is -2.13. The van der Waals surface area contributed by atoms with Crippen LogP contribution in [0.2, 0.25) is 0 Å². The van der Waals surface area contributed by atoms with Gasteiger partial charge in [-0.2, -0.15) is 0 Å². The maximum absolute atomic E-state index is 9.60. The van der Waals surface area contributed by atoms with Crippen molar-refractivity contribution in [1.82, 2.24) is 0 Å². The maximum Gasteiger partial charge on any atom is 0.303 e. The van der Waals surface area contributed by atoms with Crippen LogP contribution in [0.4, 0.5) is 0 Å². The number of aliphatic carboxylic acids is 3. The second-order valence-corrected chi connectivity index (χ2v) is 3.43. The molecule has 0 saturated heterocycles. The first-order valence-corrected chi connectivity index (χ1v) is 5.97. The first kappa shape index (κ1) is 26.6. The number of carboxylic acids is 3. The van der Waals surface area contributed by atoms with Crippen molar-refractivity contribution < 1.29 is 49.2 Å². The summed E-state index contributed by atoms with van der Waals surface area (Å²) in [5, 5.41) is 23.7. The molecule has 7 heteroatoms. The van der Waals surface area contributed by atoms with Gasteiger partial charge in [-0.25, -0.2) is 0 Å². The average Bonchev–Trinajstić information content (AvgIpc) is 2.18. The van der Waals surface area contributed by atoms with Crippen molar-refractivity contribution in [3.05, 3.63) is 0 Å². The summed E-state index contributed by atoms with van der Waals surface area (Å²) in [7, 11) is 0. The summed E-state index contributed by atoms with van der Waals surface area (Å²) >= 11 is 0. The van der Waals surface area contributed by atoms with Gasteiger partial charge in [0, 0.05) is 38.7 Å². The van der Waals surface area contributed by atoms with Crippen molar-refractivity contribution in [2.75, 3.05) is 0 Å². The molecule has 0 fully saturated rings. The van der Waals surface area contributed by atoms with E-state index in [-0.39, 0.29) is 19.5 Å². The van der Waals surface area contributed by atoms with E-state index >= 15 is 0 Å². The van der Waals surface area contributed by atoms with Gasteiger partial charge in [-0.1, -0.05) is 20.8 Å². The first-order valence-electron chi connectivity index (χ1n) is 5.97. The molecule has 19 heavy (non-hydrogen) atoms. The molecule has 6 nitrogen and oxygen atoms in total. The predicted octanol–water partition coefficient (Wildman–Crippen LogP) is 2.61. The predicted molar refractivity (Wildman–Crippen MR) is 67.6 cm³/mol. The van der Waals surface area contributed by atoms with Crippen LogP contribution < -0.4 is 0 Å². The van der Waals surface area contributed by atoms with Crippen molar-refractivity contribution in [2.45, 2.75) is 59.3 Å². The fraction of sp³-hybridized carbons (Fsp3) is 0.750. The third-order valence-corrected chi connectivity index (χ3v) is 1.39. The van der Waals surface area contributed by atoms with Crippen LogP contribution in [-0.2, 0) is 33.9 Å². The van der Waals surface area contributed by atoms with Crippen LogP contribution in [-0.4, -0.2) is 33.2 Å². The van der Waals surface area contributed by atoms with Gasteiger partial charge < -0.3 is 15.3 Å². The van der Waals surface area contributed by atoms with Gasteiger partial charge in [0.15, 0.2) is 0 Å². The Kier molecular flexibility index (Phi) is 31.1. The summed E-state index contributed by atoms with van der Waals surface area (Å²) in [5.41, 5.74) is 0. The Bertz CT molecular complexity index is 192. The normalized spacial score (nSPS) is 7.74. The molecule has 0 aromatic carbocycles. The summed E-state index contributed by atoms with van der Waals surface area (Å²) < 4.78 is 0. The van der Waals surface area contributed by atoms with E-state index in [4.69, 9.17) is 15.3 Å². The Morgan fingerprint density at radius 2 is 0.789 bits per heavy atom. The van der Waals surface area contributed by atoms with E-state index in [0.717, 1.165) is 19.3 Å². The second-order valence-electron chi connectivity index (χ2n) is 3.43. The zero-order valence-electron chi connectivity index (χ0n) is 11.7. The molecule has 3 N–H and O–H groups in total. The van der Waals surface area contributed by atoms with Crippen molar-refractivity contribution in [3.63, 3.8) is 0 Å². The molecule has 116 valence electrons. The van der Waals surface area contributed by atoms with Crippen LogP contribution in [0, 0.1) is 0 Å². The number of rotatable bonds is 6. The Hall–Kier alpha value is -0.967. The van der Waals surface area contributed by atoms with Gasteiger partial charge in [0.25, 0.3) is 0 Å². The van der Waals surface area contributed by atoms with Crippen LogP contribution in [0.25, 0.3) is 0 Å². The molecule has 0 aliphatic heterocycles. The molecule has 0 heterocycles. The molecule has 0 amide bonds. The molecule has 0 atom stereocenters. The van der Waals surface area contributed by atoms with E-state index < -0.39 is 17.9 Å². The molecule has 0 unspecified atom stereocenters. The summed E-state index contributed by atoms with van der Waals surface area (Å²) in [6.45, 7) is 5.52. The quantitative estimate of drug-likeness (QED) is 0.624. The van der Waals surface area contributed by atoms with Crippen LogP contribution in [0.3, 0.4) is 0 Å². The third kappa shape index (κ3) is 59.7. The monoisotopic (exact) mass is 366 g/mol. The Balaban J connectivity index is -0.0000000865. The summed E-state index contributed by atoms with van der Waals surface area (Å²) in [4.78, 5) is 28.8. The first-order chi connectivity index (χ1) is 8.31. The Morgan fingerprint density at radius 3 is 0.789 bits per heavy atom. The molecule has 0 rings (SSSR count). The van der Waals surface area contributed by atoms with Gasteiger partial charge in [0.1, 0.15) is 0 Å². The summed E-state index contributed by atoms with van der Waals surface area (Å²) in [6, 6.07) is 0. The molecular formula is C12H24O6Ru. The molecule has 0 bridgehead atoms. The number of carboxylic acid groups (broad SMARTS) is 3. The van der Waals surface area contributed by atoms with Crippen molar-refractivity contribution in [3.8, 4) is 0 Å². The standard InChI is InChI=1S/3C4H8O2.Ru/c3*1-2-3-4(5)6;/h3*2-3H2,1H3,(H,5,6);. The molecule has 0 radical (unpaired) electrons. The average molecular weight is 365 g/mol. The van der Waals surface area contributed by atoms with E-state index in [2.05, 4.69) is 0 Å². The van der Waals surface area contributed by atoms with Gasteiger partial charge in [-0.3, -0.25) is 14.4 Å². The van der Waals surface area contributed by atoms with Crippen LogP contribution in [0.5, 0.6) is 0 Å². The van der Waals surface area contributed by atoms with Gasteiger partial charge in [-0.05, 0) is 19.3 Å². The minimum atomic E-state index is -0.711. The molecule has 0 aromatic heterocycles. The van der Waals surface area contributed by atoms with E-state index in [0.29, 0.717) is 19.3 Å². The maximum atomic E-state index is 9.60. The number of hydrogen-bond acceptors (Lipinski definition) is 3. The van der Waals surface area contributed by atoms with E-state index in [1.54, 1.807) is 0 Å². The van der Waals surface area contributed by atoms with E-state index in [1.807, 2.05) is 20.8 Å². The molecule has 0 aliphatic carbocycles. The molecule has 0 spiro atoms. The van der Waals surface area contributed by atoms with Crippen molar-refractivity contribution in [1.29, 1.82) is 0 Å². The molecular weight excluding hydrogens is 341 g/mol. The van der Waals surface area contributed by atoms with E-state index in [1.165, 1.54) is 0 Å². The minimum Gasteiger partial charge on any atom is -0.481 e.